The van der Waals surface area contributed by atoms with Crippen molar-refractivity contribution in [1.29, 1.82) is 0 Å². The van der Waals surface area contributed by atoms with Crippen molar-refractivity contribution in [3.8, 4) is 0 Å². The maximum absolute atomic E-state index is 4.34. The summed E-state index contributed by atoms with van der Waals surface area (Å²) >= 11 is 0. The zero-order valence-corrected chi connectivity index (χ0v) is 10.3. The van der Waals surface area contributed by atoms with Crippen LogP contribution in [0.5, 0.6) is 0 Å². The van der Waals surface area contributed by atoms with E-state index in [9.17, 15) is 0 Å². The number of rotatable bonds is 7. The minimum Gasteiger partial charge on any atom is -0.314 e. The Kier molecular flexibility index (Phi) is 3.93. The maximum Gasteiger partial charge on any atom is 0.138 e. The molecule has 16 heavy (non-hydrogen) atoms. The summed E-state index contributed by atoms with van der Waals surface area (Å²) in [6.45, 7) is 6.53. The number of hydrogen-bond donors (Lipinski definition) is 1. The highest BCUT2D eigenvalue weighted by atomic mass is 15.3. The van der Waals surface area contributed by atoms with Gasteiger partial charge in [0, 0.05) is 19.0 Å². The first-order valence-corrected chi connectivity index (χ1v) is 6.39. The zero-order valence-electron chi connectivity index (χ0n) is 10.3. The Morgan fingerprint density at radius 3 is 3.06 bits per heavy atom. The Labute approximate surface area is 97.5 Å². The molecular weight excluding hydrogens is 200 g/mol. The minimum atomic E-state index is 0.639. The molecule has 90 valence electrons. The van der Waals surface area contributed by atoms with Gasteiger partial charge in [-0.15, -0.1) is 0 Å². The van der Waals surface area contributed by atoms with Gasteiger partial charge >= 0.3 is 0 Å². The Morgan fingerprint density at radius 1 is 1.56 bits per heavy atom. The molecule has 1 aromatic rings. The van der Waals surface area contributed by atoms with E-state index in [2.05, 4.69) is 29.2 Å². The van der Waals surface area contributed by atoms with E-state index in [0.29, 0.717) is 5.92 Å². The lowest BCUT2D eigenvalue weighted by Crippen LogP contribution is -2.25. The fourth-order valence-electron chi connectivity index (χ4n) is 1.88. The van der Waals surface area contributed by atoms with E-state index < -0.39 is 0 Å². The van der Waals surface area contributed by atoms with Crippen LogP contribution >= 0.6 is 0 Å². The number of aryl methyl sites for hydroxylation is 1. The standard InChI is InChI=1S/C12H22N4/c1-3-6-16-12(14-9-15-16)7-10(2)8-13-11-4-5-11/h9-11,13H,3-8H2,1-2H3. The summed E-state index contributed by atoms with van der Waals surface area (Å²) < 4.78 is 2.04. The molecule has 1 heterocycles. The molecule has 0 bridgehead atoms. The summed E-state index contributed by atoms with van der Waals surface area (Å²) in [5.74, 6) is 1.77. The van der Waals surface area contributed by atoms with Gasteiger partial charge in [-0.2, -0.15) is 5.10 Å². The van der Waals surface area contributed by atoms with Gasteiger partial charge < -0.3 is 5.32 Å². The second-order valence-corrected chi connectivity index (χ2v) is 4.89. The van der Waals surface area contributed by atoms with Crippen LogP contribution in [0.25, 0.3) is 0 Å². The number of nitrogens with one attached hydrogen (secondary N) is 1. The third kappa shape index (κ3) is 3.30. The summed E-state index contributed by atoms with van der Waals surface area (Å²) in [7, 11) is 0. The highest BCUT2D eigenvalue weighted by Gasteiger charge is 2.21. The maximum atomic E-state index is 4.34. The first-order chi connectivity index (χ1) is 7.79. The van der Waals surface area contributed by atoms with E-state index in [-0.39, 0.29) is 0 Å². The van der Waals surface area contributed by atoms with E-state index in [4.69, 9.17) is 0 Å². The van der Waals surface area contributed by atoms with Crippen molar-refractivity contribution in [1.82, 2.24) is 20.1 Å². The zero-order chi connectivity index (χ0) is 11.4. The molecule has 1 aromatic heterocycles. The molecule has 0 spiro atoms. The van der Waals surface area contributed by atoms with Gasteiger partial charge in [0.1, 0.15) is 12.2 Å². The summed E-state index contributed by atoms with van der Waals surface area (Å²) in [4.78, 5) is 4.34. The van der Waals surface area contributed by atoms with Crippen molar-refractivity contribution in [3.05, 3.63) is 12.2 Å². The first kappa shape index (κ1) is 11.6. The van der Waals surface area contributed by atoms with Crippen LogP contribution in [0.15, 0.2) is 6.33 Å². The average Bonchev–Trinajstić information content (AvgIpc) is 3.00. The molecule has 0 aromatic carbocycles. The van der Waals surface area contributed by atoms with E-state index in [1.165, 1.54) is 12.8 Å². The van der Waals surface area contributed by atoms with Gasteiger partial charge in [-0.25, -0.2) is 4.98 Å². The number of hydrogen-bond acceptors (Lipinski definition) is 3. The lowest BCUT2D eigenvalue weighted by Gasteiger charge is -2.12. The molecule has 0 aliphatic heterocycles. The fourth-order valence-corrected chi connectivity index (χ4v) is 1.88. The van der Waals surface area contributed by atoms with Gasteiger partial charge in [-0.3, -0.25) is 4.68 Å². The molecule has 0 saturated heterocycles. The molecule has 2 rings (SSSR count). The van der Waals surface area contributed by atoms with Gasteiger partial charge in [0.15, 0.2) is 0 Å². The SMILES string of the molecule is CCCn1ncnc1CC(C)CNC1CC1. The van der Waals surface area contributed by atoms with Crippen molar-refractivity contribution in [2.75, 3.05) is 6.54 Å². The van der Waals surface area contributed by atoms with Crippen LogP contribution in [-0.2, 0) is 13.0 Å². The molecule has 4 nitrogen and oxygen atoms in total. The van der Waals surface area contributed by atoms with Crippen LogP contribution < -0.4 is 5.32 Å². The van der Waals surface area contributed by atoms with Gasteiger partial charge in [-0.1, -0.05) is 13.8 Å². The van der Waals surface area contributed by atoms with Crippen LogP contribution in [-0.4, -0.2) is 27.4 Å². The Balaban J connectivity index is 1.79. The van der Waals surface area contributed by atoms with Gasteiger partial charge in [0.05, 0.1) is 0 Å². The van der Waals surface area contributed by atoms with Crippen molar-refractivity contribution in [3.63, 3.8) is 0 Å². The Hall–Kier alpha value is -0.900. The highest BCUT2D eigenvalue weighted by Crippen LogP contribution is 2.19. The summed E-state index contributed by atoms with van der Waals surface area (Å²) in [6, 6.07) is 0.802. The second kappa shape index (κ2) is 5.43. The lowest BCUT2D eigenvalue weighted by molar-refractivity contribution is 0.473. The Morgan fingerprint density at radius 2 is 2.38 bits per heavy atom. The monoisotopic (exact) mass is 222 g/mol. The van der Waals surface area contributed by atoms with Crippen LogP contribution in [0.4, 0.5) is 0 Å². The average molecular weight is 222 g/mol. The number of aromatic nitrogens is 3. The van der Waals surface area contributed by atoms with E-state index in [0.717, 1.165) is 37.8 Å². The summed E-state index contributed by atoms with van der Waals surface area (Å²) in [6.07, 6.45) is 6.54. The largest absolute Gasteiger partial charge is 0.314 e. The molecule has 4 heteroatoms. The van der Waals surface area contributed by atoms with Crippen molar-refractivity contribution in [2.24, 2.45) is 5.92 Å². The topological polar surface area (TPSA) is 42.7 Å². The minimum absolute atomic E-state index is 0.639. The molecule has 1 atom stereocenters. The van der Waals surface area contributed by atoms with Crippen LogP contribution in [0.3, 0.4) is 0 Å². The van der Waals surface area contributed by atoms with Crippen molar-refractivity contribution in [2.45, 2.75) is 52.1 Å². The summed E-state index contributed by atoms with van der Waals surface area (Å²) in [5.41, 5.74) is 0. The number of nitrogens with zero attached hydrogens (tertiary/aromatic N) is 3. The van der Waals surface area contributed by atoms with Gasteiger partial charge in [-0.05, 0) is 31.7 Å². The molecule has 1 unspecified atom stereocenters. The van der Waals surface area contributed by atoms with Crippen LogP contribution in [0.1, 0.15) is 38.9 Å². The molecule has 1 N–H and O–H groups in total. The molecule has 0 amide bonds. The Bertz CT molecular complexity index is 317. The lowest BCUT2D eigenvalue weighted by atomic mass is 10.1. The predicted molar refractivity (Wildman–Crippen MR) is 64.2 cm³/mol. The summed E-state index contributed by atoms with van der Waals surface area (Å²) in [5, 5.41) is 7.81. The highest BCUT2D eigenvalue weighted by molar-refractivity contribution is 4.88. The molecule has 1 fully saturated rings. The normalized spacial score (nSPS) is 17.6. The second-order valence-electron chi connectivity index (χ2n) is 4.89. The van der Waals surface area contributed by atoms with Crippen molar-refractivity contribution < 1.29 is 0 Å². The quantitative estimate of drug-likeness (QED) is 0.762. The van der Waals surface area contributed by atoms with Crippen LogP contribution in [0, 0.1) is 5.92 Å². The molecular formula is C12H22N4. The fraction of sp³-hybridized carbons (Fsp3) is 0.833. The van der Waals surface area contributed by atoms with Gasteiger partial charge in [0.25, 0.3) is 0 Å². The first-order valence-electron chi connectivity index (χ1n) is 6.39. The van der Waals surface area contributed by atoms with E-state index in [1.54, 1.807) is 6.33 Å². The molecule has 1 aliphatic carbocycles. The smallest absolute Gasteiger partial charge is 0.138 e. The van der Waals surface area contributed by atoms with Gasteiger partial charge in [0.2, 0.25) is 0 Å². The predicted octanol–water partition coefficient (Wildman–Crippen LogP) is 1.62. The van der Waals surface area contributed by atoms with Crippen LogP contribution in [0.2, 0.25) is 0 Å². The third-order valence-electron chi connectivity index (χ3n) is 2.99. The van der Waals surface area contributed by atoms with E-state index in [1.807, 2.05) is 4.68 Å². The van der Waals surface area contributed by atoms with Crippen molar-refractivity contribution >= 4 is 0 Å². The molecule has 1 aliphatic rings. The molecule has 0 radical (unpaired) electrons. The van der Waals surface area contributed by atoms with E-state index >= 15 is 0 Å². The third-order valence-corrected chi connectivity index (χ3v) is 2.99. The molecule has 1 saturated carbocycles.